The number of morpholine rings is 1. The molecule has 1 aromatic carbocycles. The van der Waals surface area contributed by atoms with Crippen molar-refractivity contribution in [3.05, 3.63) is 23.8 Å². The largest absolute Gasteiger partial charge is 0.378 e. The molecule has 2 amide bonds. The molecule has 1 aliphatic carbocycles. The lowest BCUT2D eigenvalue weighted by Crippen LogP contribution is -2.47. The van der Waals surface area contributed by atoms with Crippen molar-refractivity contribution in [2.24, 2.45) is 10.8 Å². The van der Waals surface area contributed by atoms with Crippen LogP contribution < -0.4 is 9.80 Å². The summed E-state index contributed by atoms with van der Waals surface area (Å²) in [5, 5.41) is 0. The number of amides is 2. The van der Waals surface area contributed by atoms with Crippen LogP contribution in [0.15, 0.2) is 18.2 Å². The van der Waals surface area contributed by atoms with E-state index in [1.165, 1.54) is 49.9 Å². The molecule has 0 radical (unpaired) electrons. The van der Waals surface area contributed by atoms with Gasteiger partial charge in [0.1, 0.15) is 0 Å². The van der Waals surface area contributed by atoms with Crippen LogP contribution in [0.25, 0.3) is 0 Å². The predicted molar refractivity (Wildman–Crippen MR) is 150 cm³/mol. The molecule has 6 nitrogen and oxygen atoms in total. The van der Waals surface area contributed by atoms with Gasteiger partial charge in [-0.3, -0.25) is 9.80 Å². The molecule has 0 bridgehead atoms. The third-order valence-electron chi connectivity index (χ3n) is 8.50. The van der Waals surface area contributed by atoms with Gasteiger partial charge in [-0.05, 0) is 72.7 Å². The van der Waals surface area contributed by atoms with Crippen molar-refractivity contribution in [2.75, 3.05) is 75.9 Å². The fraction of sp³-hybridized carbons (Fsp3) is 0.767. The number of urea groups is 1. The maximum atomic E-state index is 13.3. The summed E-state index contributed by atoms with van der Waals surface area (Å²) in [5.74, 6) is 0.503. The number of hydrogen-bond donors (Lipinski definition) is 0. The van der Waals surface area contributed by atoms with E-state index >= 15 is 0 Å². The molecule has 2 heterocycles. The lowest BCUT2D eigenvalue weighted by molar-refractivity contribution is 0.0551. The van der Waals surface area contributed by atoms with E-state index in [1.807, 2.05) is 16.8 Å². The first-order chi connectivity index (χ1) is 17.1. The number of rotatable bonds is 6. The van der Waals surface area contributed by atoms with E-state index in [1.54, 1.807) is 0 Å². The third kappa shape index (κ3) is 6.55. The van der Waals surface area contributed by atoms with Gasteiger partial charge in [0.05, 0.1) is 13.2 Å². The lowest BCUT2D eigenvalue weighted by Gasteiger charge is -2.46. The van der Waals surface area contributed by atoms with Crippen molar-refractivity contribution < 1.29 is 9.53 Å². The summed E-state index contributed by atoms with van der Waals surface area (Å²) >= 11 is 0. The molecule has 0 N–H and O–H groups in total. The first-order valence-corrected chi connectivity index (χ1v) is 14.3. The average molecular weight is 499 g/mol. The molecule has 6 heteroatoms. The second kappa shape index (κ2) is 11.3. The van der Waals surface area contributed by atoms with E-state index in [2.05, 4.69) is 62.6 Å². The molecule has 36 heavy (non-hydrogen) atoms. The summed E-state index contributed by atoms with van der Waals surface area (Å²) in [5.41, 5.74) is 4.46. The first kappa shape index (κ1) is 27.3. The molecule has 1 aromatic rings. The Labute approximate surface area is 219 Å². The van der Waals surface area contributed by atoms with E-state index in [0.29, 0.717) is 43.1 Å². The molecule has 0 aromatic heterocycles. The van der Waals surface area contributed by atoms with Gasteiger partial charge >= 0.3 is 6.03 Å². The highest BCUT2D eigenvalue weighted by atomic mass is 16.5. The van der Waals surface area contributed by atoms with Gasteiger partial charge in [0.2, 0.25) is 0 Å². The van der Waals surface area contributed by atoms with Crippen molar-refractivity contribution in [3.63, 3.8) is 0 Å². The number of anilines is 2. The zero-order chi connectivity index (χ0) is 25.9. The van der Waals surface area contributed by atoms with E-state index in [0.717, 1.165) is 31.9 Å². The minimum absolute atomic E-state index is 0.0749. The standard InChI is InChI=1S/C30H50N4O2/c1-7-8-11-32-12-14-33(15-13-32)27-10-9-25(31(6)28(35)34-16-18-36-19-17-34)20-26(27)24-21-29(2,3)23-30(4,5)22-24/h9-10,20,24H,7-8,11-19,21-23H2,1-6H3. The fourth-order valence-electron chi connectivity index (χ4n) is 7.10. The molecule has 0 unspecified atom stereocenters. The van der Waals surface area contributed by atoms with E-state index in [4.69, 9.17) is 4.74 Å². The summed E-state index contributed by atoms with van der Waals surface area (Å²) < 4.78 is 5.46. The van der Waals surface area contributed by atoms with Crippen molar-refractivity contribution >= 4 is 17.4 Å². The minimum Gasteiger partial charge on any atom is -0.378 e. The monoisotopic (exact) mass is 498 g/mol. The Kier molecular flexibility index (Phi) is 8.56. The number of piperazine rings is 1. The molecule has 4 rings (SSSR count). The Morgan fingerprint density at radius 2 is 1.64 bits per heavy atom. The number of nitrogens with zero attached hydrogens (tertiary/aromatic N) is 4. The van der Waals surface area contributed by atoms with Crippen LogP contribution in [0.5, 0.6) is 0 Å². The Bertz CT molecular complexity index is 869. The second-order valence-electron chi connectivity index (χ2n) is 13.0. The highest BCUT2D eigenvalue weighted by molar-refractivity contribution is 5.92. The number of carbonyl (C=O) groups excluding carboxylic acids is 1. The summed E-state index contributed by atoms with van der Waals surface area (Å²) in [7, 11) is 1.93. The SMILES string of the molecule is CCCCN1CCN(c2ccc(N(C)C(=O)N3CCOCC3)cc2C2CC(C)(C)CC(C)(C)C2)CC1. The van der Waals surface area contributed by atoms with Crippen LogP contribution >= 0.6 is 0 Å². The fourth-order valence-corrected chi connectivity index (χ4v) is 7.10. The van der Waals surface area contributed by atoms with Gasteiger partial charge in [0.25, 0.3) is 0 Å². The molecule has 1 saturated carbocycles. The lowest BCUT2D eigenvalue weighted by atomic mass is 9.60. The molecule has 202 valence electrons. The topological polar surface area (TPSA) is 39.3 Å². The predicted octanol–water partition coefficient (Wildman–Crippen LogP) is 5.82. The summed E-state index contributed by atoms with van der Waals surface area (Å²) in [6.45, 7) is 20.3. The summed E-state index contributed by atoms with van der Waals surface area (Å²) in [4.78, 5) is 22.3. The zero-order valence-electron chi connectivity index (χ0n) is 23.8. The van der Waals surface area contributed by atoms with Crippen molar-refractivity contribution in [1.29, 1.82) is 0 Å². The number of unbranched alkanes of at least 4 members (excludes halogenated alkanes) is 1. The normalized spacial score (nSPS) is 23.1. The minimum atomic E-state index is 0.0749. The van der Waals surface area contributed by atoms with Gasteiger partial charge in [-0.25, -0.2) is 4.79 Å². The summed E-state index contributed by atoms with van der Waals surface area (Å²) in [6, 6.07) is 6.90. The van der Waals surface area contributed by atoms with Crippen LogP contribution in [0.3, 0.4) is 0 Å². The van der Waals surface area contributed by atoms with Crippen LogP contribution in [0.2, 0.25) is 0 Å². The van der Waals surface area contributed by atoms with Crippen molar-refractivity contribution in [2.45, 2.75) is 72.6 Å². The quantitative estimate of drug-likeness (QED) is 0.496. The second-order valence-corrected chi connectivity index (χ2v) is 13.0. The number of carbonyl (C=O) groups is 1. The van der Waals surface area contributed by atoms with E-state index in [-0.39, 0.29) is 6.03 Å². The Hall–Kier alpha value is -1.79. The van der Waals surface area contributed by atoms with Crippen LogP contribution in [-0.2, 0) is 4.74 Å². The number of hydrogen-bond acceptors (Lipinski definition) is 4. The molecular formula is C30H50N4O2. The highest BCUT2D eigenvalue weighted by Gasteiger charge is 2.40. The molecule has 3 fully saturated rings. The van der Waals surface area contributed by atoms with Gasteiger partial charge in [-0.2, -0.15) is 0 Å². The molecule has 0 spiro atoms. The van der Waals surface area contributed by atoms with Gasteiger partial charge in [-0.15, -0.1) is 0 Å². The third-order valence-corrected chi connectivity index (χ3v) is 8.50. The number of benzene rings is 1. The smallest absolute Gasteiger partial charge is 0.324 e. The highest BCUT2D eigenvalue weighted by Crippen LogP contribution is 2.53. The number of ether oxygens (including phenoxy) is 1. The van der Waals surface area contributed by atoms with Gasteiger partial charge in [0.15, 0.2) is 0 Å². The van der Waals surface area contributed by atoms with Crippen LogP contribution in [0, 0.1) is 10.8 Å². The van der Waals surface area contributed by atoms with Crippen LogP contribution in [-0.4, -0.2) is 81.9 Å². The Morgan fingerprint density at radius 1 is 1.00 bits per heavy atom. The molecule has 2 saturated heterocycles. The molecule has 3 aliphatic rings. The Morgan fingerprint density at radius 3 is 2.25 bits per heavy atom. The van der Waals surface area contributed by atoms with Crippen LogP contribution in [0.4, 0.5) is 16.2 Å². The van der Waals surface area contributed by atoms with Crippen molar-refractivity contribution in [3.8, 4) is 0 Å². The van der Waals surface area contributed by atoms with Gasteiger partial charge in [-0.1, -0.05) is 41.0 Å². The summed E-state index contributed by atoms with van der Waals surface area (Å²) in [6.07, 6.45) is 6.21. The van der Waals surface area contributed by atoms with Gasteiger partial charge in [0, 0.05) is 57.7 Å². The van der Waals surface area contributed by atoms with Crippen molar-refractivity contribution in [1.82, 2.24) is 9.80 Å². The Balaban J connectivity index is 1.61. The molecule has 0 atom stereocenters. The van der Waals surface area contributed by atoms with Gasteiger partial charge < -0.3 is 14.5 Å². The average Bonchev–Trinajstić information content (AvgIpc) is 2.85. The first-order valence-electron chi connectivity index (χ1n) is 14.3. The van der Waals surface area contributed by atoms with E-state index < -0.39 is 0 Å². The molecule has 2 aliphatic heterocycles. The maximum absolute atomic E-state index is 13.3. The molecular weight excluding hydrogens is 448 g/mol. The maximum Gasteiger partial charge on any atom is 0.324 e. The van der Waals surface area contributed by atoms with E-state index in [9.17, 15) is 4.79 Å². The zero-order valence-corrected chi connectivity index (χ0v) is 23.8. The van der Waals surface area contributed by atoms with Crippen LogP contribution in [0.1, 0.15) is 78.2 Å².